The Kier molecular flexibility index (Phi) is 5.65. The second-order valence-corrected chi connectivity index (χ2v) is 6.94. The Labute approximate surface area is 165 Å². The fraction of sp³-hybridized carbons (Fsp3) is 0.421. The minimum atomic E-state index is -5.08. The number of nitrogens with zero attached hydrogens (tertiary/aromatic N) is 4. The summed E-state index contributed by atoms with van der Waals surface area (Å²) < 4.78 is 41.9. The maximum absolute atomic E-state index is 13.6. The van der Waals surface area contributed by atoms with Crippen LogP contribution in [0.2, 0.25) is 0 Å². The maximum atomic E-state index is 13.6. The highest BCUT2D eigenvalue weighted by atomic mass is 19.4. The van der Waals surface area contributed by atoms with Crippen molar-refractivity contribution in [1.82, 2.24) is 19.4 Å². The largest absolute Gasteiger partial charge is 0.425 e. The number of benzene rings is 1. The second-order valence-electron chi connectivity index (χ2n) is 6.94. The number of amides is 2. The highest BCUT2D eigenvalue weighted by Gasteiger charge is 2.59. The van der Waals surface area contributed by atoms with Gasteiger partial charge in [0.1, 0.15) is 0 Å². The number of aryl methyl sites for hydroxylation is 1. The zero-order chi connectivity index (χ0) is 21.2. The van der Waals surface area contributed by atoms with E-state index in [0.29, 0.717) is 5.56 Å². The quantitative estimate of drug-likeness (QED) is 0.830. The van der Waals surface area contributed by atoms with Gasteiger partial charge in [-0.15, -0.1) is 0 Å². The van der Waals surface area contributed by atoms with E-state index in [2.05, 4.69) is 4.98 Å². The number of hydrogen-bond donors (Lipinski definition) is 1. The number of carbonyl (C=O) groups is 2. The summed E-state index contributed by atoms with van der Waals surface area (Å²) in [5.41, 5.74) is -2.88. The number of hydrogen-bond acceptors (Lipinski definition) is 4. The molecule has 0 spiro atoms. The van der Waals surface area contributed by atoms with Crippen LogP contribution in [0.1, 0.15) is 22.6 Å². The highest BCUT2D eigenvalue weighted by molar-refractivity contribution is 5.94. The van der Waals surface area contributed by atoms with Crippen molar-refractivity contribution < 1.29 is 27.9 Å². The van der Waals surface area contributed by atoms with Crippen LogP contribution >= 0.6 is 0 Å². The van der Waals surface area contributed by atoms with Crippen LogP contribution < -0.4 is 0 Å². The van der Waals surface area contributed by atoms with Crippen molar-refractivity contribution in [2.75, 3.05) is 26.2 Å². The number of rotatable bonds is 4. The van der Waals surface area contributed by atoms with Gasteiger partial charge in [0.2, 0.25) is 11.5 Å². The van der Waals surface area contributed by atoms with E-state index in [4.69, 9.17) is 0 Å². The van der Waals surface area contributed by atoms with Gasteiger partial charge in [-0.1, -0.05) is 18.2 Å². The molecule has 3 rings (SSSR count). The number of piperazine rings is 1. The first kappa shape index (κ1) is 20.8. The van der Waals surface area contributed by atoms with Crippen molar-refractivity contribution in [2.45, 2.75) is 18.2 Å². The number of alkyl halides is 3. The number of halogens is 3. The molecule has 1 N–H and O–H groups in total. The van der Waals surface area contributed by atoms with E-state index in [1.807, 2.05) is 0 Å². The smallest absolute Gasteiger partial charge is 0.374 e. The molecule has 1 saturated heterocycles. The van der Waals surface area contributed by atoms with Crippen molar-refractivity contribution in [3.63, 3.8) is 0 Å². The van der Waals surface area contributed by atoms with Gasteiger partial charge in [0, 0.05) is 51.2 Å². The minimum Gasteiger partial charge on any atom is -0.374 e. The third-order valence-corrected chi connectivity index (χ3v) is 5.01. The monoisotopic (exact) mass is 410 g/mol. The Balaban J connectivity index is 1.67. The standard InChI is InChI=1S/C19H21F3N4O3/c1-24-8-7-23-17(24)18(29,19(20,21)22)13-15(27)25-9-11-26(12-10-25)16(28)14-5-3-2-4-6-14/h2-8,29H,9-13H2,1H3. The molecular weight excluding hydrogens is 389 g/mol. The minimum absolute atomic E-state index is 0.0892. The van der Waals surface area contributed by atoms with Crippen LogP contribution in [0.4, 0.5) is 13.2 Å². The molecule has 2 amide bonds. The molecule has 10 heteroatoms. The van der Waals surface area contributed by atoms with Gasteiger partial charge in [0.15, 0.2) is 5.82 Å². The van der Waals surface area contributed by atoms with Gasteiger partial charge in [0.05, 0.1) is 6.42 Å². The van der Waals surface area contributed by atoms with E-state index in [0.717, 1.165) is 10.8 Å². The molecule has 1 aliphatic heterocycles. The molecule has 2 heterocycles. The zero-order valence-electron chi connectivity index (χ0n) is 15.8. The molecule has 1 atom stereocenters. The van der Waals surface area contributed by atoms with Gasteiger partial charge in [-0.05, 0) is 12.1 Å². The van der Waals surface area contributed by atoms with Crippen LogP contribution in [0.15, 0.2) is 42.7 Å². The Hall–Kier alpha value is -2.88. The van der Waals surface area contributed by atoms with E-state index in [1.54, 1.807) is 35.2 Å². The fourth-order valence-corrected chi connectivity index (χ4v) is 3.32. The van der Waals surface area contributed by atoms with Crippen LogP contribution in [0, 0.1) is 0 Å². The van der Waals surface area contributed by atoms with Crippen molar-refractivity contribution >= 4 is 11.8 Å². The summed E-state index contributed by atoms with van der Waals surface area (Å²) in [7, 11) is 1.32. The summed E-state index contributed by atoms with van der Waals surface area (Å²) in [6, 6.07) is 8.62. The Morgan fingerprint density at radius 1 is 1.07 bits per heavy atom. The highest BCUT2D eigenvalue weighted by Crippen LogP contribution is 2.41. The molecular formula is C19H21F3N4O3. The van der Waals surface area contributed by atoms with Crippen LogP contribution in [-0.4, -0.2) is 68.6 Å². The summed E-state index contributed by atoms with van der Waals surface area (Å²) in [5, 5.41) is 10.4. The van der Waals surface area contributed by atoms with Crippen molar-refractivity contribution in [3.8, 4) is 0 Å². The lowest BCUT2D eigenvalue weighted by molar-refractivity contribution is -0.272. The molecule has 1 unspecified atom stereocenters. The van der Waals surface area contributed by atoms with Crippen molar-refractivity contribution in [2.24, 2.45) is 7.05 Å². The van der Waals surface area contributed by atoms with Crippen LogP contribution in [0.25, 0.3) is 0 Å². The summed E-state index contributed by atoms with van der Waals surface area (Å²) in [6.45, 7) is 0.580. The number of carbonyl (C=O) groups excluding carboxylic acids is 2. The summed E-state index contributed by atoms with van der Waals surface area (Å²) >= 11 is 0. The lowest BCUT2D eigenvalue weighted by atomic mass is 9.96. The topological polar surface area (TPSA) is 78.7 Å². The Morgan fingerprint density at radius 3 is 2.17 bits per heavy atom. The van der Waals surface area contributed by atoms with E-state index in [1.165, 1.54) is 18.1 Å². The lowest BCUT2D eigenvalue weighted by Gasteiger charge is -2.37. The Morgan fingerprint density at radius 2 is 1.66 bits per heavy atom. The molecule has 1 fully saturated rings. The van der Waals surface area contributed by atoms with Gasteiger partial charge in [-0.25, -0.2) is 4.98 Å². The number of imidazole rings is 1. The first-order valence-corrected chi connectivity index (χ1v) is 9.02. The first-order valence-electron chi connectivity index (χ1n) is 9.02. The van der Waals surface area contributed by atoms with Gasteiger partial charge in [-0.2, -0.15) is 13.2 Å². The third-order valence-electron chi connectivity index (χ3n) is 5.01. The predicted molar refractivity (Wildman–Crippen MR) is 96.7 cm³/mol. The van der Waals surface area contributed by atoms with Crippen molar-refractivity contribution in [1.29, 1.82) is 0 Å². The average molecular weight is 410 g/mol. The molecule has 7 nitrogen and oxygen atoms in total. The molecule has 1 aromatic carbocycles. The lowest BCUT2D eigenvalue weighted by Crippen LogP contribution is -2.53. The fourth-order valence-electron chi connectivity index (χ4n) is 3.32. The summed E-state index contributed by atoms with van der Waals surface area (Å²) in [4.78, 5) is 31.4. The maximum Gasteiger partial charge on any atom is 0.425 e. The van der Waals surface area contributed by atoms with Gasteiger partial charge in [0.25, 0.3) is 5.91 Å². The van der Waals surface area contributed by atoms with Crippen LogP contribution in [-0.2, 0) is 17.4 Å². The third kappa shape index (κ3) is 4.12. The normalized spacial score (nSPS) is 17.1. The van der Waals surface area contributed by atoms with Gasteiger partial charge >= 0.3 is 6.18 Å². The Bertz CT molecular complexity index is 876. The summed E-state index contributed by atoms with van der Waals surface area (Å²) in [5.74, 6) is -1.69. The second kappa shape index (κ2) is 7.86. The number of aliphatic hydroxyl groups is 1. The molecule has 0 bridgehead atoms. The molecule has 1 aliphatic rings. The molecule has 0 saturated carbocycles. The summed E-state index contributed by atoms with van der Waals surface area (Å²) in [6.07, 6.45) is -3.85. The molecule has 29 heavy (non-hydrogen) atoms. The van der Waals surface area contributed by atoms with E-state index in [-0.39, 0.29) is 32.1 Å². The molecule has 156 valence electrons. The average Bonchev–Trinajstić information content (AvgIpc) is 3.13. The number of aromatic nitrogens is 2. The van der Waals surface area contributed by atoms with Crippen LogP contribution in [0.5, 0.6) is 0 Å². The molecule has 1 aromatic heterocycles. The molecule has 2 aromatic rings. The SMILES string of the molecule is Cn1ccnc1C(O)(CC(=O)N1CCN(C(=O)c2ccccc2)CC1)C(F)(F)F. The van der Waals surface area contributed by atoms with Crippen LogP contribution in [0.3, 0.4) is 0 Å². The van der Waals surface area contributed by atoms with E-state index >= 15 is 0 Å². The zero-order valence-corrected chi connectivity index (χ0v) is 15.8. The molecule has 0 radical (unpaired) electrons. The van der Waals surface area contributed by atoms with E-state index < -0.39 is 29.9 Å². The van der Waals surface area contributed by atoms with E-state index in [9.17, 15) is 27.9 Å². The first-order chi connectivity index (χ1) is 13.6. The predicted octanol–water partition coefficient (Wildman–Crippen LogP) is 1.54. The van der Waals surface area contributed by atoms with Crippen molar-refractivity contribution in [3.05, 3.63) is 54.1 Å². The molecule has 0 aliphatic carbocycles. The van der Waals surface area contributed by atoms with Gasteiger partial charge < -0.3 is 19.5 Å². The van der Waals surface area contributed by atoms with Gasteiger partial charge in [-0.3, -0.25) is 9.59 Å².